The van der Waals surface area contributed by atoms with Crippen LogP contribution >= 0.6 is 0 Å². The van der Waals surface area contributed by atoms with E-state index in [0.717, 1.165) is 54.1 Å². The smallest absolute Gasteiger partial charge is 0.0256 e. The maximum Gasteiger partial charge on any atom is 0.0256 e. The third kappa shape index (κ3) is 8.52. The van der Waals surface area contributed by atoms with Gasteiger partial charge in [-0.2, -0.15) is 0 Å². The molecular weight excluding hydrogens is 534 g/mol. The summed E-state index contributed by atoms with van der Waals surface area (Å²) >= 11 is 0. The van der Waals surface area contributed by atoms with Crippen LogP contribution in [0.2, 0.25) is 0 Å². The minimum Gasteiger partial charge on any atom is -0.311 e. The molecule has 13 fully saturated rings. The summed E-state index contributed by atoms with van der Waals surface area (Å²) < 4.78 is 0. The van der Waals surface area contributed by atoms with Crippen molar-refractivity contribution in [2.24, 2.45) is 11.8 Å². The Kier molecular flexibility index (Phi) is 11.4. The molecule has 13 aliphatic rings. The molecule has 0 aromatic carbocycles. The van der Waals surface area contributed by atoms with E-state index in [1.807, 2.05) is 0 Å². The predicted molar refractivity (Wildman–Crippen MR) is 178 cm³/mol. The zero-order valence-corrected chi connectivity index (χ0v) is 28.5. The van der Waals surface area contributed by atoms with Gasteiger partial charge in [0.1, 0.15) is 0 Å². The number of nitrogens with one attached hydrogen (secondary N) is 3. The van der Waals surface area contributed by atoms with Gasteiger partial charge in [-0.3, -0.25) is 5.43 Å². The van der Waals surface area contributed by atoms with Crippen LogP contribution in [0.15, 0.2) is 0 Å². The maximum absolute atomic E-state index is 3.51. The van der Waals surface area contributed by atoms with Crippen molar-refractivity contribution >= 4 is 0 Å². The number of nitrogens with zero attached hydrogens (tertiary/aromatic N) is 6. The summed E-state index contributed by atoms with van der Waals surface area (Å²) in [4.78, 5) is 7.46. The van der Waals surface area contributed by atoms with Crippen LogP contribution in [-0.2, 0) is 0 Å². The fraction of sp³-hybridized carbons (Fsp3) is 1.00. The minimum atomic E-state index is 0.806. The second-order valence-corrected chi connectivity index (χ2v) is 16.0. The van der Waals surface area contributed by atoms with Gasteiger partial charge in [-0.15, -0.1) is 0 Å². The Labute approximate surface area is 264 Å². The summed E-state index contributed by atoms with van der Waals surface area (Å²) in [5.74, 6) is 2.07. The van der Waals surface area contributed by atoms with Gasteiger partial charge in [0.05, 0.1) is 0 Å². The molecule has 2 saturated carbocycles. The topological polar surface area (TPSA) is 55.5 Å². The molecule has 0 radical (unpaired) electrons. The van der Waals surface area contributed by atoms with Crippen LogP contribution in [0.4, 0.5) is 0 Å². The number of hydrazine groups is 2. The number of piperidine rings is 5. The first-order chi connectivity index (χ1) is 20.8. The van der Waals surface area contributed by atoms with Crippen LogP contribution in [0.1, 0.15) is 77.0 Å². The minimum absolute atomic E-state index is 0.806. The van der Waals surface area contributed by atoms with Gasteiger partial charge in [0.25, 0.3) is 0 Å². The quantitative estimate of drug-likeness (QED) is 0.388. The molecule has 11 saturated heterocycles. The Morgan fingerprint density at radius 3 is 1.26 bits per heavy atom. The lowest BCUT2D eigenvalue weighted by molar-refractivity contribution is -0.0909. The van der Waals surface area contributed by atoms with E-state index in [0.29, 0.717) is 0 Å². The summed E-state index contributed by atoms with van der Waals surface area (Å²) in [5.41, 5.74) is 3.39. The molecular formula is C34H67N9. The van der Waals surface area contributed by atoms with E-state index in [9.17, 15) is 0 Å². The second-order valence-electron chi connectivity index (χ2n) is 16.0. The van der Waals surface area contributed by atoms with Crippen molar-refractivity contribution < 1.29 is 0 Å². The summed E-state index contributed by atoms with van der Waals surface area (Å²) in [6.45, 7) is 10.3. The SMILES string of the molecule is CN1CC2CC1CN2.CN1CC2CCC1CC2.CN1CC2CCC1CN2.CN1CC2CCN1CC2.CN1NC2CCC1C2. The normalized spacial score (nSPS) is 44.6. The van der Waals surface area contributed by atoms with Gasteiger partial charge in [0.15, 0.2) is 0 Å². The van der Waals surface area contributed by atoms with E-state index in [-0.39, 0.29) is 0 Å². The fourth-order valence-corrected chi connectivity index (χ4v) is 9.78. The Hall–Kier alpha value is -0.360. The molecule has 43 heavy (non-hydrogen) atoms. The van der Waals surface area contributed by atoms with Crippen molar-refractivity contribution in [3.8, 4) is 0 Å². The Morgan fingerprint density at radius 2 is 1.02 bits per heavy atom. The highest BCUT2D eigenvalue weighted by Gasteiger charge is 2.36. The van der Waals surface area contributed by atoms with Crippen LogP contribution in [0, 0.1) is 11.8 Å². The number of hydrogen-bond donors (Lipinski definition) is 3. The van der Waals surface area contributed by atoms with E-state index in [2.05, 4.69) is 81.0 Å². The standard InChI is InChI=1S/C8H15N.2C7H14N2.2C6H12N2/c1-9-6-7-2-4-8(9)5-3-7;1-8-6-7-2-4-9(8)5-3-7;1-9-5-6-2-3-7(9)4-8-6;1-8-4-5-2-6(8)3-7-5;1-8-6-3-2-5(4-6)7-8/h7-8H,2-6H2,1H3;7H,2-6H2,1H3;6-8H,2-5H2,1H3;2*5-7H,2-4H2,1H3. The summed E-state index contributed by atoms with van der Waals surface area (Å²) in [6.07, 6.45) is 17.2. The van der Waals surface area contributed by atoms with Crippen molar-refractivity contribution in [2.45, 2.75) is 119 Å². The fourth-order valence-electron chi connectivity index (χ4n) is 9.78. The lowest BCUT2D eigenvalue weighted by atomic mass is 9.80. The number of likely N-dealkylation sites (N-methyl/N-ethyl adjacent to an activating group) is 2. The largest absolute Gasteiger partial charge is 0.311 e. The highest BCUT2D eigenvalue weighted by molar-refractivity contribution is 4.95. The molecule has 0 spiro atoms. The Balaban J connectivity index is 0.0000000958. The number of hydrogen-bond acceptors (Lipinski definition) is 9. The molecule has 11 aliphatic heterocycles. The van der Waals surface area contributed by atoms with Crippen molar-refractivity contribution in [3.05, 3.63) is 0 Å². The first kappa shape index (κ1) is 32.6. The molecule has 6 atom stereocenters. The zero-order valence-electron chi connectivity index (χ0n) is 28.5. The van der Waals surface area contributed by atoms with Gasteiger partial charge >= 0.3 is 0 Å². The van der Waals surface area contributed by atoms with Gasteiger partial charge in [0, 0.05) is 109 Å². The summed E-state index contributed by atoms with van der Waals surface area (Å²) in [7, 11) is 11.1. The lowest BCUT2D eigenvalue weighted by Gasteiger charge is -2.45. The molecule has 0 amide bonds. The zero-order chi connectivity index (χ0) is 29.9. The molecule has 13 rings (SSSR count). The summed E-state index contributed by atoms with van der Waals surface area (Å²) in [6, 6.07) is 5.97. The molecule has 11 heterocycles. The second kappa shape index (κ2) is 15.0. The first-order valence-electron chi connectivity index (χ1n) is 18.3. The van der Waals surface area contributed by atoms with Crippen molar-refractivity contribution in [1.82, 2.24) is 45.8 Å². The van der Waals surface area contributed by atoms with Gasteiger partial charge in [-0.1, -0.05) is 0 Å². The van der Waals surface area contributed by atoms with E-state index in [1.165, 1.54) is 129 Å². The van der Waals surface area contributed by atoms with Crippen LogP contribution in [0.5, 0.6) is 0 Å². The Bertz CT molecular complexity index is 739. The molecule has 9 nitrogen and oxygen atoms in total. The van der Waals surface area contributed by atoms with Crippen LogP contribution in [0.3, 0.4) is 0 Å². The third-order valence-electron chi connectivity index (χ3n) is 12.9. The summed E-state index contributed by atoms with van der Waals surface area (Å²) in [5, 5.41) is 14.0. The van der Waals surface area contributed by atoms with E-state index >= 15 is 0 Å². The van der Waals surface area contributed by atoms with Crippen molar-refractivity contribution in [3.63, 3.8) is 0 Å². The van der Waals surface area contributed by atoms with Gasteiger partial charge in [-0.25, -0.2) is 15.0 Å². The highest BCUT2D eigenvalue weighted by atomic mass is 15.6. The van der Waals surface area contributed by atoms with Crippen LogP contribution in [-0.4, -0.2) is 160 Å². The number of likely N-dealkylation sites (tertiary alicyclic amines) is 1. The average molecular weight is 602 g/mol. The maximum atomic E-state index is 3.51. The third-order valence-corrected chi connectivity index (χ3v) is 12.9. The van der Waals surface area contributed by atoms with Gasteiger partial charge in [0.2, 0.25) is 0 Å². The van der Waals surface area contributed by atoms with Crippen LogP contribution < -0.4 is 16.1 Å². The van der Waals surface area contributed by atoms with Gasteiger partial charge < -0.3 is 25.3 Å². The molecule has 3 N–H and O–H groups in total. The van der Waals surface area contributed by atoms with E-state index in [4.69, 9.17) is 0 Å². The van der Waals surface area contributed by atoms with E-state index < -0.39 is 0 Å². The predicted octanol–water partition coefficient (Wildman–Crippen LogP) is 2.12. The number of piperazine rings is 2. The van der Waals surface area contributed by atoms with Crippen molar-refractivity contribution in [1.29, 1.82) is 0 Å². The highest BCUT2D eigenvalue weighted by Crippen LogP contribution is 2.33. The molecule has 248 valence electrons. The molecule has 9 heteroatoms. The van der Waals surface area contributed by atoms with Crippen LogP contribution in [0.25, 0.3) is 0 Å². The lowest BCUT2D eigenvalue weighted by Crippen LogP contribution is -2.59. The monoisotopic (exact) mass is 602 g/mol. The number of fused-ring (bicyclic) bond motifs is 13. The van der Waals surface area contributed by atoms with Gasteiger partial charge in [-0.05, 0) is 110 Å². The molecule has 0 aromatic heterocycles. The molecule has 0 aromatic rings. The Morgan fingerprint density at radius 1 is 0.465 bits per heavy atom. The van der Waals surface area contributed by atoms with E-state index in [1.54, 1.807) is 0 Å². The molecule has 10 bridgehead atoms. The molecule has 6 unspecified atom stereocenters. The molecule has 2 aliphatic carbocycles. The average Bonchev–Trinajstić information content (AvgIpc) is 3.84. The number of rotatable bonds is 0. The van der Waals surface area contributed by atoms with Crippen molar-refractivity contribution in [2.75, 3.05) is 87.6 Å². The first-order valence-corrected chi connectivity index (χ1v) is 18.3.